The van der Waals surface area contributed by atoms with Gasteiger partial charge in [0, 0.05) is 11.8 Å². The topological polar surface area (TPSA) is 143 Å². The van der Waals surface area contributed by atoms with Gasteiger partial charge in [-0.2, -0.15) is 14.1 Å². The smallest absolute Gasteiger partial charge is 0.656 e. The zero-order chi connectivity index (χ0) is 18.6. The molecule has 0 heterocycles. The Morgan fingerprint density at radius 3 is 0.786 bits per heavy atom. The normalized spacial score (nSPS) is 8.57. The van der Waals surface area contributed by atoms with Gasteiger partial charge in [0.05, 0.1) is 36.8 Å². The molecule has 28 heavy (non-hydrogen) atoms. The van der Waals surface area contributed by atoms with E-state index in [4.69, 9.17) is 0 Å². The Bertz CT molecular complexity index is 294. The van der Waals surface area contributed by atoms with E-state index in [9.17, 15) is 18.0 Å². The second kappa shape index (κ2) is 58.8. The molecule has 0 fully saturated rings. The van der Waals surface area contributed by atoms with Gasteiger partial charge in [-0.3, -0.25) is 8.42 Å². The van der Waals surface area contributed by atoms with Crippen LogP contribution in [0, 0.1) is 0 Å². The Kier molecular flexibility index (Phi) is 135. The minimum Gasteiger partial charge on any atom is -0.656 e. The third kappa shape index (κ3) is 94.5. The van der Waals surface area contributed by atoms with Crippen LogP contribution < -0.4 is 233 Å². The Labute approximate surface area is 373 Å². The van der Waals surface area contributed by atoms with Crippen LogP contribution in [0.15, 0.2) is 0 Å². The molecule has 0 saturated carbocycles. The van der Waals surface area contributed by atoms with Crippen LogP contribution in [0.3, 0.4) is 0 Å². The van der Waals surface area contributed by atoms with Gasteiger partial charge in [0.2, 0.25) is 0 Å². The van der Waals surface area contributed by atoms with Crippen molar-refractivity contribution in [3.05, 3.63) is 20.1 Å². The molecule has 0 aliphatic carbocycles. The minimum atomic E-state index is -1.41. The Morgan fingerprint density at radius 2 is 0.786 bits per heavy atom. The van der Waals surface area contributed by atoms with Gasteiger partial charge in [-0.05, 0) is 13.8 Å². The van der Waals surface area contributed by atoms with Crippen LogP contribution in [-0.4, -0.2) is 62.6 Å². The summed E-state index contributed by atoms with van der Waals surface area (Å²) in [6.07, 6.45) is 0. The maximum absolute atomic E-state index is 9.90. The fraction of sp³-hybridized carbons (Fsp3) is 0.833. The van der Waals surface area contributed by atoms with Crippen molar-refractivity contribution in [2.24, 2.45) is 0 Å². The fourth-order valence-electron chi connectivity index (χ4n) is 0.149. The van der Waals surface area contributed by atoms with E-state index in [0.29, 0.717) is 0 Å². The first-order chi connectivity index (χ1) is 10.2. The number of amides is 2. The number of rotatable bonds is 4. The maximum Gasteiger partial charge on any atom is 1.00 e. The number of hydrogen-bond acceptors (Lipinski definition) is 6. The first-order valence-electron chi connectivity index (χ1n) is 5.49. The molecule has 0 saturated heterocycles. The summed E-state index contributed by atoms with van der Waals surface area (Å²) in [5.41, 5.74) is 0. The van der Waals surface area contributed by atoms with E-state index < -0.39 is 22.5 Å². The zero-order valence-electron chi connectivity index (χ0n) is 18.1. The average Bonchev–Trinajstić information content (AvgIpc) is 2.54. The zero-order valence-corrected chi connectivity index (χ0v) is 39.4. The van der Waals surface area contributed by atoms with Gasteiger partial charge < -0.3 is 38.0 Å². The molecular formula is C12H32N4O6Rb4S2. The van der Waals surface area contributed by atoms with E-state index in [1.54, 1.807) is 0 Å². The molecule has 2 amide bonds. The number of nitrogens with zero attached hydrogens (tertiary/aromatic N) is 4. The molecule has 10 nitrogen and oxygen atoms in total. The van der Waals surface area contributed by atoms with Crippen LogP contribution in [0.2, 0.25) is 0 Å². The molecule has 0 spiro atoms. The Hall–Kier alpha value is 6.30. The van der Waals surface area contributed by atoms with Crippen molar-refractivity contribution in [1.29, 1.82) is 0 Å². The molecule has 0 aliphatic heterocycles. The standard InChI is InChI=1S/2C3H7NO.2C2H6NO2S.2CH4.4Rb/c2*1-3(5)4-2;2*1-3-6(4)5-2;;;;;;/h2*1-2H3,(H,4,5);2*1-2H3;2*1H4;;;;/q;;2*-1;;;4*+1/p-2. The minimum absolute atomic E-state index is 0. The maximum atomic E-state index is 9.90. The molecule has 0 aromatic heterocycles. The van der Waals surface area contributed by atoms with Gasteiger partial charge in [-0.1, -0.05) is 14.9 Å². The van der Waals surface area contributed by atoms with Gasteiger partial charge >= 0.3 is 233 Å². The van der Waals surface area contributed by atoms with Crippen LogP contribution >= 0.6 is 0 Å². The van der Waals surface area contributed by atoms with Gasteiger partial charge in [0.15, 0.2) is 0 Å². The van der Waals surface area contributed by atoms with Crippen molar-refractivity contribution in [3.63, 3.8) is 0 Å². The second-order valence-electron chi connectivity index (χ2n) is 2.62. The average molecular weight is 734 g/mol. The summed E-state index contributed by atoms with van der Waals surface area (Å²) >= 11 is -2.82. The predicted molar refractivity (Wildman–Crippen MR) is 102 cm³/mol. The molecule has 152 valence electrons. The van der Waals surface area contributed by atoms with Gasteiger partial charge in [0.1, 0.15) is 0 Å². The monoisotopic (exact) mass is 732 g/mol. The third-order valence-electron chi connectivity index (χ3n) is 1.21. The van der Waals surface area contributed by atoms with E-state index >= 15 is 0 Å². The molecule has 2 atom stereocenters. The van der Waals surface area contributed by atoms with E-state index in [1.807, 2.05) is 0 Å². The summed E-state index contributed by atoms with van der Waals surface area (Å²) in [6.45, 7) is 2.83. The SMILES string of the molecule is C.C.C[N-]C(C)=O.C[N-]C(C)=O.C[N-]S(=O)OC.C[N-]S(=O)OC.[Rb+].[Rb+].[Rb+].[Rb+]. The molecule has 0 aromatic carbocycles. The summed E-state index contributed by atoms with van der Waals surface area (Å²) in [5.74, 6) is -0.241. The number of carbonyl (C=O) groups excluding carboxylic acids is 2. The Balaban J connectivity index is -0.0000000181. The van der Waals surface area contributed by atoms with Crippen molar-refractivity contribution >= 4 is 34.3 Å². The number of hydrogen-bond donors (Lipinski definition) is 0. The van der Waals surface area contributed by atoms with E-state index in [-0.39, 0.29) is 259 Å². The molecular weight excluding hydrogens is 702 g/mol. The van der Waals surface area contributed by atoms with Crippen LogP contribution in [0.4, 0.5) is 0 Å². The van der Waals surface area contributed by atoms with Gasteiger partial charge in [-0.25, -0.2) is 0 Å². The van der Waals surface area contributed by atoms with Crippen molar-refractivity contribution in [2.45, 2.75) is 28.7 Å². The van der Waals surface area contributed by atoms with Crippen LogP contribution in [-0.2, 0) is 40.5 Å². The van der Waals surface area contributed by atoms with E-state index in [1.165, 1.54) is 56.3 Å². The molecule has 0 N–H and O–H groups in total. The van der Waals surface area contributed by atoms with Crippen LogP contribution in [0.5, 0.6) is 0 Å². The van der Waals surface area contributed by atoms with Gasteiger partial charge in [0.25, 0.3) is 0 Å². The van der Waals surface area contributed by atoms with Crippen molar-refractivity contribution in [1.82, 2.24) is 0 Å². The molecule has 0 aromatic rings. The largest absolute Gasteiger partial charge is 1.00 e. The predicted octanol–water partition coefficient (Wildman–Crippen LogP) is -9.21. The fourth-order valence-corrected chi connectivity index (χ4v) is 0.447. The summed E-state index contributed by atoms with van der Waals surface area (Å²) in [5, 5.41) is 6.50. The van der Waals surface area contributed by atoms with Crippen LogP contribution in [0.25, 0.3) is 20.1 Å². The van der Waals surface area contributed by atoms with Crippen LogP contribution in [0.1, 0.15) is 28.7 Å². The van der Waals surface area contributed by atoms with Gasteiger partial charge in [-0.15, -0.1) is 14.1 Å². The Morgan fingerprint density at radius 1 is 0.643 bits per heavy atom. The number of carbonyl (C=O) groups is 2. The summed E-state index contributed by atoms with van der Waals surface area (Å²) < 4.78 is 34.7. The summed E-state index contributed by atoms with van der Waals surface area (Å²) in [4.78, 5) is 19.3. The van der Waals surface area contributed by atoms with Crippen molar-refractivity contribution in [3.8, 4) is 0 Å². The van der Waals surface area contributed by atoms with Crippen molar-refractivity contribution in [2.75, 3.05) is 42.4 Å². The summed E-state index contributed by atoms with van der Waals surface area (Å²) in [6, 6.07) is 0. The molecule has 16 heteroatoms. The van der Waals surface area contributed by atoms with E-state index in [2.05, 4.69) is 28.4 Å². The molecule has 0 aliphatic rings. The third-order valence-corrected chi connectivity index (χ3v) is 2.38. The first kappa shape index (κ1) is 64.4. The molecule has 0 bridgehead atoms. The summed E-state index contributed by atoms with van der Waals surface area (Å²) in [7, 11) is 8.48. The first-order valence-corrected chi connectivity index (χ1v) is 7.56. The molecule has 2 unspecified atom stereocenters. The van der Waals surface area contributed by atoms with E-state index in [0.717, 1.165) is 0 Å². The molecule has 0 radical (unpaired) electrons. The quantitative estimate of drug-likeness (QED) is 0.281. The van der Waals surface area contributed by atoms with Crippen molar-refractivity contribution < 1.29 is 259 Å². The molecule has 0 rings (SSSR count). The second-order valence-corrected chi connectivity index (χ2v) is 4.88.